The molecule has 0 radical (unpaired) electrons. The number of anilines is 2. The number of aromatic nitrogens is 2. The highest BCUT2D eigenvalue weighted by molar-refractivity contribution is 6.07. The van der Waals surface area contributed by atoms with Crippen LogP contribution in [0.25, 0.3) is 11.0 Å². The summed E-state index contributed by atoms with van der Waals surface area (Å²) in [7, 11) is 0. The Morgan fingerprint density at radius 3 is 2.82 bits per heavy atom. The van der Waals surface area contributed by atoms with Crippen molar-refractivity contribution in [2.45, 2.75) is 46.1 Å². The summed E-state index contributed by atoms with van der Waals surface area (Å²) in [6.07, 6.45) is 4.96. The lowest BCUT2D eigenvalue weighted by Gasteiger charge is -2.34. The van der Waals surface area contributed by atoms with Gasteiger partial charge in [0, 0.05) is 35.6 Å². The van der Waals surface area contributed by atoms with Crippen molar-refractivity contribution in [3.8, 4) is 0 Å². The molecule has 1 atom stereocenters. The Kier molecular flexibility index (Phi) is 4.99. The van der Waals surface area contributed by atoms with Crippen LogP contribution >= 0.6 is 0 Å². The Morgan fingerprint density at radius 2 is 2.04 bits per heavy atom. The molecule has 0 bridgehead atoms. The average molecular weight is 374 g/mol. The van der Waals surface area contributed by atoms with E-state index in [1.807, 2.05) is 36.1 Å². The second-order valence-electron chi connectivity index (χ2n) is 7.71. The highest BCUT2D eigenvalue weighted by atomic mass is 16.2. The second kappa shape index (κ2) is 7.58. The molecule has 144 valence electrons. The lowest BCUT2D eigenvalue weighted by molar-refractivity contribution is 0.0636. The maximum Gasteiger partial charge on any atom is 0.257 e. The van der Waals surface area contributed by atoms with E-state index >= 15 is 0 Å². The molecule has 1 aliphatic rings. The zero-order chi connectivity index (χ0) is 19.7. The van der Waals surface area contributed by atoms with Crippen LogP contribution in [0.1, 0.15) is 47.8 Å². The number of fused-ring (bicyclic) bond motifs is 1. The molecule has 1 amide bonds. The van der Waals surface area contributed by atoms with Crippen LogP contribution in [-0.4, -0.2) is 33.4 Å². The van der Waals surface area contributed by atoms with E-state index < -0.39 is 0 Å². The topological polar surface area (TPSA) is 58.1 Å². The summed E-state index contributed by atoms with van der Waals surface area (Å²) in [5.74, 6) is 0.0392. The van der Waals surface area contributed by atoms with E-state index in [9.17, 15) is 4.79 Å². The number of hydrogen-bond acceptors (Lipinski definition) is 4. The first-order valence-corrected chi connectivity index (χ1v) is 9.94. The van der Waals surface area contributed by atoms with Gasteiger partial charge >= 0.3 is 0 Å². The number of carbonyl (C=O) groups is 1. The lowest BCUT2D eigenvalue weighted by atomic mass is 10.0. The molecule has 3 heterocycles. The Bertz CT molecular complexity index is 1030. The van der Waals surface area contributed by atoms with Crippen LogP contribution in [0.3, 0.4) is 0 Å². The van der Waals surface area contributed by atoms with Gasteiger partial charge in [0.2, 0.25) is 0 Å². The number of nitrogens with one attached hydrogen (secondary N) is 1. The third kappa shape index (κ3) is 3.57. The molecule has 1 aromatic carbocycles. The van der Waals surface area contributed by atoms with Gasteiger partial charge in [-0.1, -0.05) is 12.1 Å². The van der Waals surface area contributed by atoms with Gasteiger partial charge in [-0.05, 0) is 69.9 Å². The molecule has 4 rings (SSSR count). The van der Waals surface area contributed by atoms with Crippen LogP contribution in [0.5, 0.6) is 0 Å². The number of aryl methyl sites for hydroxylation is 2. The molecule has 1 saturated heterocycles. The summed E-state index contributed by atoms with van der Waals surface area (Å²) >= 11 is 0. The molecule has 28 heavy (non-hydrogen) atoms. The molecule has 0 aliphatic carbocycles. The smallest absolute Gasteiger partial charge is 0.257 e. The first kappa shape index (κ1) is 18.4. The molecule has 1 fully saturated rings. The zero-order valence-corrected chi connectivity index (χ0v) is 16.7. The molecule has 0 spiro atoms. The molecule has 1 N–H and O–H groups in total. The van der Waals surface area contributed by atoms with Crippen LogP contribution < -0.4 is 5.32 Å². The molecule has 5 nitrogen and oxygen atoms in total. The molecule has 3 aromatic rings. The highest BCUT2D eigenvalue weighted by Crippen LogP contribution is 2.31. The first-order valence-electron chi connectivity index (χ1n) is 9.94. The zero-order valence-electron chi connectivity index (χ0n) is 16.7. The minimum absolute atomic E-state index is 0.0392. The molecule has 2 aromatic heterocycles. The number of carbonyl (C=O) groups excluding carboxylic acids is 1. The number of amides is 1. The summed E-state index contributed by atoms with van der Waals surface area (Å²) in [6, 6.07) is 12.4. The van der Waals surface area contributed by atoms with Gasteiger partial charge in [0.1, 0.15) is 0 Å². The van der Waals surface area contributed by atoms with Crippen LogP contribution in [0.2, 0.25) is 0 Å². The Morgan fingerprint density at radius 1 is 1.18 bits per heavy atom. The van der Waals surface area contributed by atoms with Gasteiger partial charge in [-0.15, -0.1) is 0 Å². The fraction of sp³-hybridized carbons (Fsp3) is 0.348. The summed E-state index contributed by atoms with van der Waals surface area (Å²) in [4.78, 5) is 24.5. The maximum atomic E-state index is 13.4. The second-order valence-corrected chi connectivity index (χ2v) is 7.71. The SMILES string of the molecule is Cc1cccc(Nc2c(C(=O)N3CCCC[C@H]3C)cnc3nc(C)ccc23)c1. The molecule has 0 unspecified atom stereocenters. The Hall–Kier alpha value is -2.95. The van der Waals surface area contributed by atoms with Crippen molar-refractivity contribution in [1.82, 2.24) is 14.9 Å². The monoisotopic (exact) mass is 374 g/mol. The average Bonchev–Trinajstić information content (AvgIpc) is 2.68. The number of nitrogens with zero attached hydrogens (tertiary/aromatic N) is 3. The Balaban J connectivity index is 1.83. The van der Waals surface area contributed by atoms with Crippen molar-refractivity contribution in [1.29, 1.82) is 0 Å². The van der Waals surface area contributed by atoms with E-state index in [1.165, 1.54) is 6.42 Å². The number of rotatable bonds is 3. The third-order valence-corrected chi connectivity index (χ3v) is 5.45. The van der Waals surface area contributed by atoms with Crippen LogP contribution in [0.15, 0.2) is 42.6 Å². The summed E-state index contributed by atoms with van der Waals surface area (Å²) in [5, 5.41) is 4.35. The van der Waals surface area contributed by atoms with Gasteiger partial charge in [0.25, 0.3) is 5.91 Å². The predicted octanol–water partition coefficient (Wildman–Crippen LogP) is 5.00. The van der Waals surface area contributed by atoms with Crippen LogP contribution in [0.4, 0.5) is 11.4 Å². The van der Waals surface area contributed by atoms with Gasteiger partial charge < -0.3 is 10.2 Å². The number of hydrogen-bond donors (Lipinski definition) is 1. The van der Waals surface area contributed by atoms with E-state index in [-0.39, 0.29) is 11.9 Å². The number of piperidine rings is 1. The molecule has 5 heteroatoms. The minimum Gasteiger partial charge on any atom is -0.354 e. The van der Waals surface area contributed by atoms with Gasteiger partial charge in [-0.3, -0.25) is 4.79 Å². The lowest BCUT2D eigenvalue weighted by Crippen LogP contribution is -2.42. The van der Waals surface area contributed by atoms with Gasteiger partial charge in [0.05, 0.1) is 11.3 Å². The van der Waals surface area contributed by atoms with E-state index in [0.29, 0.717) is 11.2 Å². The van der Waals surface area contributed by atoms with Crippen molar-refractivity contribution < 1.29 is 4.79 Å². The third-order valence-electron chi connectivity index (χ3n) is 5.45. The summed E-state index contributed by atoms with van der Waals surface area (Å²) in [6.45, 7) is 6.93. The number of benzene rings is 1. The van der Waals surface area contributed by atoms with E-state index in [0.717, 1.165) is 47.4 Å². The summed E-state index contributed by atoms with van der Waals surface area (Å²) in [5.41, 5.74) is 5.06. The quantitative estimate of drug-likeness (QED) is 0.700. The van der Waals surface area contributed by atoms with Crippen molar-refractivity contribution in [2.24, 2.45) is 0 Å². The molecular formula is C23H26N4O. The Labute approximate surface area is 165 Å². The molecule has 0 saturated carbocycles. The van der Waals surface area contributed by atoms with Gasteiger partial charge in [-0.2, -0.15) is 0 Å². The van der Waals surface area contributed by atoms with Crippen molar-refractivity contribution in [2.75, 3.05) is 11.9 Å². The standard InChI is InChI=1S/C23H26N4O/c1-15-7-6-9-18(13-15)26-21-19-11-10-16(2)25-22(19)24-14-20(21)23(28)27-12-5-4-8-17(27)3/h6-7,9-11,13-14,17H,4-5,8,12H2,1-3H3,(H,24,25,26)/t17-/m1/s1. The maximum absolute atomic E-state index is 13.4. The molecular weight excluding hydrogens is 348 g/mol. The van der Waals surface area contributed by atoms with Gasteiger partial charge in [-0.25, -0.2) is 9.97 Å². The van der Waals surface area contributed by atoms with Gasteiger partial charge in [0.15, 0.2) is 5.65 Å². The van der Waals surface area contributed by atoms with Crippen molar-refractivity contribution in [3.63, 3.8) is 0 Å². The van der Waals surface area contributed by atoms with Crippen molar-refractivity contribution in [3.05, 3.63) is 59.4 Å². The largest absolute Gasteiger partial charge is 0.354 e. The van der Waals surface area contributed by atoms with Crippen LogP contribution in [0, 0.1) is 13.8 Å². The number of pyridine rings is 2. The number of likely N-dealkylation sites (tertiary alicyclic amines) is 1. The summed E-state index contributed by atoms with van der Waals surface area (Å²) < 4.78 is 0. The minimum atomic E-state index is 0.0392. The van der Waals surface area contributed by atoms with E-state index in [2.05, 4.69) is 41.3 Å². The highest BCUT2D eigenvalue weighted by Gasteiger charge is 2.27. The molecule has 1 aliphatic heterocycles. The predicted molar refractivity (Wildman–Crippen MR) is 113 cm³/mol. The van der Waals surface area contributed by atoms with E-state index in [4.69, 9.17) is 0 Å². The first-order chi connectivity index (χ1) is 13.5. The normalized spacial score (nSPS) is 17.0. The fourth-order valence-electron chi connectivity index (χ4n) is 3.89. The van der Waals surface area contributed by atoms with E-state index in [1.54, 1.807) is 6.20 Å². The van der Waals surface area contributed by atoms with Crippen LogP contribution in [-0.2, 0) is 0 Å². The van der Waals surface area contributed by atoms with Crippen molar-refractivity contribution >= 4 is 28.3 Å². The fourth-order valence-corrected chi connectivity index (χ4v) is 3.89.